The van der Waals surface area contributed by atoms with Gasteiger partial charge in [0.25, 0.3) is 0 Å². The van der Waals surface area contributed by atoms with E-state index < -0.39 is 5.60 Å². The molecule has 160 valence electrons. The third kappa shape index (κ3) is 3.91. The average molecular weight is 410 g/mol. The summed E-state index contributed by atoms with van der Waals surface area (Å²) in [6.07, 6.45) is 4.87. The molecule has 30 heavy (non-hydrogen) atoms. The number of aliphatic hydroxyl groups is 1. The lowest BCUT2D eigenvalue weighted by Crippen LogP contribution is -2.56. The van der Waals surface area contributed by atoms with Crippen LogP contribution in [0.15, 0.2) is 48.5 Å². The van der Waals surface area contributed by atoms with Gasteiger partial charge in [-0.3, -0.25) is 4.79 Å². The number of carbonyl (C=O) groups excluding carboxylic acids is 1. The Morgan fingerprint density at radius 2 is 1.83 bits per heavy atom. The smallest absolute Gasteiger partial charge is 0.227 e. The molecule has 1 amide bonds. The van der Waals surface area contributed by atoms with Gasteiger partial charge in [-0.15, -0.1) is 0 Å². The second-order valence-electron chi connectivity index (χ2n) is 8.51. The van der Waals surface area contributed by atoms with Gasteiger partial charge in [-0.05, 0) is 42.5 Å². The summed E-state index contributed by atoms with van der Waals surface area (Å²) in [4.78, 5) is 15.4. The molecule has 2 unspecified atom stereocenters. The van der Waals surface area contributed by atoms with E-state index in [0.717, 1.165) is 36.8 Å². The summed E-state index contributed by atoms with van der Waals surface area (Å²) >= 11 is 0. The van der Waals surface area contributed by atoms with E-state index in [9.17, 15) is 9.90 Å². The number of piperidine rings is 1. The maximum Gasteiger partial charge on any atom is 0.227 e. The minimum absolute atomic E-state index is 0.0258. The molecule has 0 aromatic heterocycles. The Hall–Kier alpha value is -2.53. The van der Waals surface area contributed by atoms with Crippen molar-refractivity contribution in [3.8, 4) is 11.5 Å². The standard InChI is InChI=1S/C25H31NO4/c1-29-21-12-11-19(17-22(21)30-2)24-20-10-6-7-13-25(20,28)14-15-26(24)23(27)16-18-8-4-3-5-9-18/h3-5,8-9,11-12,17,20,24,28H,6-7,10,13-16H2,1-2H3/t20?,24-,25?/m0/s1. The number of nitrogens with zero attached hydrogens (tertiary/aromatic N) is 1. The van der Waals surface area contributed by atoms with Crippen LogP contribution in [-0.4, -0.2) is 42.3 Å². The number of carbonyl (C=O) groups is 1. The van der Waals surface area contributed by atoms with Crippen LogP contribution in [-0.2, 0) is 11.2 Å². The fourth-order valence-electron chi connectivity index (χ4n) is 5.28. The van der Waals surface area contributed by atoms with E-state index in [0.29, 0.717) is 30.9 Å². The summed E-state index contributed by atoms with van der Waals surface area (Å²) in [5, 5.41) is 11.4. The minimum Gasteiger partial charge on any atom is -0.493 e. The molecule has 1 N–H and O–H groups in total. The Morgan fingerprint density at radius 1 is 1.07 bits per heavy atom. The van der Waals surface area contributed by atoms with Crippen LogP contribution < -0.4 is 9.47 Å². The summed E-state index contributed by atoms with van der Waals surface area (Å²) in [5.74, 6) is 1.44. The van der Waals surface area contributed by atoms with Gasteiger partial charge in [-0.25, -0.2) is 0 Å². The molecule has 4 rings (SSSR count). The first-order valence-corrected chi connectivity index (χ1v) is 10.8. The van der Waals surface area contributed by atoms with Crippen molar-refractivity contribution in [2.75, 3.05) is 20.8 Å². The molecule has 2 fully saturated rings. The third-order valence-corrected chi connectivity index (χ3v) is 6.84. The number of hydrogen-bond donors (Lipinski definition) is 1. The molecule has 0 bridgehead atoms. The fraction of sp³-hybridized carbons (Fsp3) is 0.480. The molecule has 1 aliphatic carbocycles. The number of likely N-dealkylation sites (tertiary alicyclic amines) is 1. The Bertz CT molecular complexity index is 884. The van der Waals surface area contributed by atoms with Crippen LogP contribution in [0.25, 0.3) is 0 Å². The summed E-state index contributed by atoms with van der Waals surface area (Å²) in [7, 11) is 3.24. The fourth-order valence-corrected chi connectivity index (χ4v) is 5.28. The molecule has 0 spiro atoms. The number of fused-ring (bicyclic) bond motifs is 1. The monoisotopic (exact) mass is 409 g/mol. The lowest BCUT2D eigenvalue weighted by Gasteiger charge is -2.52. The molecular weight excluding hydrogens is 378 g/mol. The minimum atomic E-state index is -0.709. The molecule has 1 heterocycles. The Morgan fingerprint density at radius 3 is 2.57 bits per heavy atom. The first kappa shape index (κ1) is 20.7. The van der Waals surface area contributed by atoms with Crippen molar-refractivity contribution in [3.63, 3.8) is 0 Å². The summed E-state index contributed by atoms with van der Waals surface area (Å²) in [6, 6.07) is 15.6. The van der Waals surface area contributed by atoms with Gasteiger partial charge in [0.05, 0.1) is 32.3 Å². The van der Waals surface area contributed by atoms with Gasteiger partial charge < -0.3 is 19.5 Å². The quantitative estimate of drug-likeness (QED) is 0.806. The normalized spacial score (nSPS) is 26.0. The van der Waals surface area contributed by atoms with Gasteiger partial charge in [0.15, 0.2) is 11.5 Å². The number of ether oxygens (including phenoxy) is 2. The zero-order valence-corrected chi connectivity index (χ0v) is 17.8. The first-order valence-electron chi connectivity index (χ1n) is 10.8. The van der Waals surface area contributed by atoms with Crippen molar-refractivity contribution >= 4 is 5.91 Å². The molecule has 2 aromatic rings. The number of hydrogen-bond acceptors (Lipinski definition) is 4. The van der Waals surface area contributed by atoms with E-state index in [1.54, 1.807) is 14.2 Å². The van der Waals surface area contributed by atoms with Gasteiger partial charge in [0.2, 0.25) is 5.91 Å². The number of benzene rings is 2. The number of rotatable bonds is 5. The number of amides is 1. The van der Waals surface area contributed by atoms with Crippen molar-refractivity contribution in [1.29, 1.82) is 0 Å². The number of methoxy groups -OCH3 is 2. The van der Waals surface area contributed by atoms with Crippen LogP contribution in [0.5, 0.6) is 11.5 Å². The van der Waals surface area contributed by atoms with Crippen molar-refractivity contribution in [1.82, 2.24) is 4.90 Å². The predicted octanol–water partition coefficient (Wildman–Crippen LogP) is 4.14. The van der Waals surface area contributed by atoms with Crippen LogP contribution in [0.4, 0.5) is 0 Å². The Kier molecular flexibility index (Phi) is 6.00. The topological polar surface area (TPSA) is 59.0 Å². The average Bonchev–Trinajstić information content (AvgIpc) is 2.78. The first-order chi connectivity index (χ1) is 14.6. The molecule has 0 radical (unpaired) electrons. The molecule has 1 saturated heterocycles. The van der Waals surface area contributed by atoms with Gasteiger partial charge in [-0.1, -0.05) is 49.2 Å². The maximum atomic E-state index is 13.4. The van der Waals surface area contributed by atoms with Crippen molar-refractivity contribution in [2.45, 2.75) is 50.2 Å². The van der Waals surface area contributed by atoms with E-state index in [4.69, 9.17) is 9.47 Å². The Balaban J connectivity index is 1.70. The Labute approximate surface area is 178 Å². The summed E-state index contributed by atoms with van der Waals surface area (Å²) < 4.78 is 10.9. The lowest BCUT2D eigenvalue weighted by atomic mass is 9.66. The van der Waals surface area contributed by atoms with Crippen molar-refractivity contribution < 1.29 is 19.4 Å². The van der Waals surface area contributed by atoms with Crippen LogP contribution >= 0.6 is 0 Å². The van der Waals surface area contributed by atoms with E-state index in [2.05, 4.69) is 0 Å². The highest BCUT2D eigenvalue weighted by Crippen LogP contribution is 2.50. The second kappa shape index (κ2) is 8.68. The van der Waals surface area contributed by atoms with Gasteiger partial charge in [0, 0.05) is 12.5 Å². The highest BCUT2D eigenvalue weighted by Gasteiger charge is 2.50. The zero-order valence-electron chi connectivity index (χ0n) is 17.8. The van der Waals surface area contributed by atoms with Crippen molar-refractivity contribution in [3.05, 3.63) is 59.7 Å². The van der Waals surface area contributed by atoms with Gasteiger partial charge in [-0.2, -0.15) is 0 Å². The molecular formula is C25H31NO4. The zero-order chi connectivity index (χ0) is 21.1. The highest BCUT2D eigenvalue weighted by atomic mass is 16.5. The lowest BCUT2D eigenvalue weighted by molar-refractivity contribution is -0.154. The summed E-state index contributed by atoms with van der Waals surface area (Å²) in [6.45, 7) is 0.567. The highest BCUT2D eigenvalue weighted by molar-refractivity contribution is 5.79. The van der Waals surface area contributed by atoms with E-state index >= 15 is 0 Å². The van der Waals surface area contributed by atoms with Crippen LogP contribution in [0.1, 0.15) is 49.3 Å². The third-order valence-electron chi connectivity index (χ3n) is 6.84. The van der Waals surface area contributed by atoms with Crippen LogP contribution in [0.2, 0.25) is 0 Å². The second-order valence-corrected chi connectivity index (χ2v) is 8.51. The maximum absolute atomic E-state index is 13.4. The van der Waals surface area contributed by atoms with Gasteiger partial charge in [0.1, 0.15) is 0 Å². The van der Waals surface area contributed by atoms with Crippen LogP contribution in [0, 0.1) is 5.92 Å². The van der Waals surface area contributed by atoms with Crippen LogP contribution in [0.3, 0.4) is 0 Å². The SMILES string of the molecule is COc1ccc([C@H]2C3CCCCC3(O)CCN2C(=O)Cc2ccccc2)cc1OC. The molecule has 5 nitrogen and oxygen atoms in total. The summed E-state index contributed by atoms with van der Waals surface area (Å²) in [5.41, 5.74) is 1.30. The molecule has 2 aromatic carbocycles. The van der Waals surface area contributed by atoms with E-state index in [1.807, 2.05) is 53.4 Å². The van der Waals surface area contributed by atoms with Crippen molar-refractivity contribution in [2.24, 2.45) is 5.92 Å². The van der Waals surface area contributed by atoms with E-state index in [1.165, 1.54) is 0 Å². The molecule has 1 saturated carbocycles. The molecule has 2 aliphatic rings. The molecule has 1 aliphatic heterocycles. The largest absolute Gasteiger partial charge is 0.493 e. The van der Waals surface area contributed by atoms with E-state index in [-0.39, 0.29) is 17.9 Å². The molecule has 5 heteroatoms. The van der Waals surface area contributed by atoms with Gasteiger partial charge >= 0.3 is 0 Å². The molecule has 3 atom stereocenters. The predicted molar refractivity (Wildman–Crippen MR) is 116 cm³/mol.